The van der Waals surface area contributed by atoms with Gasteiger partial charge in [0.05, 0.1) is 12.0 Å². The van der Waals surface area contributed by atoms with Gasteiger partial charge in [-0.25, -0.2) is 14.4 Å². The maximum absolute atomic E-state index is 14.1. The van der Waals surface area contributed by atoms with Crippen LogP contribution in [0.2, 0.25) is 0 Å². The summed E-state index contributed by atoms with van der Waals surface area (Å²) >= 11 is 0. The molecule has 0 saturated carbocycles. The monoisotopic (exact) mass is 325 g/mol. The second-order valence-electron chi connectivity index (χ2n) is 6.56. The SMILES string of the molecule is Cc1cc(N2C[C@@H](N)[C@H](c3cn(C)cn3)C2)c2cccc(F)c2n1. The molecule has 1 aliphatic heterocycles. The quantitative estimate of drug-likeness (QED) is 0.786. The Bertz CT molecular complexity index is 904. The van der Waals surface area contributed by atoms with E-state index in [1.54, 1.807) is 12.4 Å². The fraction of sp³-hybridized carbons (Fsp3) is 0.333. The average Bonchev–Trinajstić information content (AvgIpc) is 3.13. The van der Waals surface area contributed by atoms with Gasteiger partial charge < -0.3 is 15.2 Å². The summed E-state index contributed by atoms with van der Waals surface area (Å²) in [5, 5.41) is 0.828. The van der Waals surface area contributed by atoms with Gasteiger partial charge in [0.1, 0.15) is 11.3 Å². The number of para-hydroxylation sites is 1. The zero-order chi connectivity index (χ0) is 16.8. The summed E-state index contributed by atoms with van der Waals surface area (Å²) < 4.78 is 16.1. The van der Waals surface area contributed by atoms with Crippen molar-refractivity contribution in [2.75, 3.05) is 18.0 Å². The summed E-state index contributed by atoms with van der Waals surface area (Å²) in [6.45, 7) is 3.38. The van der Waals surface area contributed by atoms with Crippen LogP contribution in [0.15, 0.2) is 36.8 Å². The van der Waals surface area contributed by atoms with Gasteiger partial charge in [0, 0.05) is 55.1 Å². The Kier molecular flexibility index (Phi) is 3.49. The first-order valence-corrected chi connectivity index (χ1v) is 8.07. The number of pyridine rings is 1. The predicted octanol–water partition coefficient (Wildman–Crippen LogP) is 2.35. The molecule has 0 spiro atoms. The Balaban J connectivity index is 1.75. The molecule has 0 unspecified atom stereocenters. The number of hydrogen-bond donors (Lipinski definition) is 1. The Hall–Kier alpha value is -2.47. The number of rotatable bonds is 2. The van der Waals surface area contributed by atoms with E-state index in [1.807, 2.05) is 36.9 Å². The van der Waals surface area contributed by atoms with Gasteiger partial charge in [-0.05, 0) is 19.1 Å². The van der Waals surface area contributed by atoms with Crippen molar-refractivity contribution in [3.63, 3.8) is 0 Å². The van der Waals surface area contributed by atoms with Gasteiger partial charge in [0.15, 0.2) is 0 Å². The summed E-state index contributed by atoms with van der Waals surface area (Å²) in [5.41, 5.74) is 9.60. The maximum Gasteiger partial charge on any atom is 0.149 e. The summed E-state index contributed by atoms with van der Waals surface area (Å²) in [5.74, 6) is -0.120. The Morgan fingerprint density at radius 1 is 1.29 bits per heavy atom. The first-order valence-electron chi connectivity index (χ1n) is 8.07. The van der Waals surface area contributed by atoms with Gasteiger partial charge in [-0.3, -0.25) is 0 Å². The number of aromatic nitrogens is 3. The molecule has 3 aromatic rings. The molecule has 2 atom stereocenters. The van der Waals surface area contributed by atoms with Gasteiger partial charge in [-0.15, -0.1) is 0 Å². The first kappa shape index (κ1) is 15.1. The van der Waals surface area contributed by atoms with Crippen molar-refractivity contribution in [1.82, 2.24) is 14.5 Å². The van der Waals surface area contributed by atoms with Gasteiger partial charge in [-0.1, -0.05) is 12.1 Å². The van der Waals surface area contributed by atoms with E-state index >= 15 is 0 Å². The molecule has 3 heterocycles. The molecule has 1 saturated heterocycles. The van der Waals surface area contributed by atoms with E-state index in [1.165, 1.54) is 6.07 Å². The number of anilines is 1. The average molecular weight is 325 g/mol. The van der Waals surface area contributed by atoms with Crippen molar-refractivity contribution in [1.29, 1.82) is 0 Å². The molecule has 2 N–H and O–H groups in total. The molecule has 5 nitrogen and oxygen atoms in total. The minimum atomic E-state index is -0.290. The van der Waals surface area contributed by atoms with Crippen molar-refractivity contribution < 1.29 is 4.39 Å². The molecule has 24 heavy (non-hydrogen) atoms. The fourth-order valence-corrected chi connectivity index (χ4v) is 3.54. The third-order valence-corrected chi connectivity index (χ3v) is 4.71. The molecule has 6 heteroatoms. The van der Waals surface area contributed by atoms with Gasteiger partial charge in [-0.2, -0.15) is 0 Å². The lowest BCUT2D eigenvalue weighted by molar-refractivity contribution is 0.636. The largest absolute Gasteiger partial charge is 0.369 e. The molecule has 1 aliphatic rings. The lowest BCUT2D eigenvalue weighted by atomic mass is 10.0. The zero-order valence-electron chi connectivity index (χ0n) is 13.8. The highest BCUT2D eigenvalue weighted by Crippen LogP contribution is 2.34. The van der Waals surface area contributed by atoms with Crippen LogP contribution in [-0.4, -0.2) is 33.7 Å². The van der Waals surface area contributed by atoms with Crippen molar-refractivity contribution in [2.45, 2.75) is 18.9 Å². The number of halogens is 1. The van der Waals surface area contributed by atoms with E-state index in [9.17, 15) is 4.39 Å². The maximum atomic E-state index is 14.1. The van der Waals surface area contributed by atoms with Gasteiger partial charge in [0.2, 0.25) is 0 Å². The second kappa shape index (κ2) is 5.56. The van der Waals surface area contributed by atoms with Gasteiger partial charge in [0.25, 0.3) is 0 Å². The number of nitrogens with zero attached hydrogens (tertiary/aromatic N) is 4. The number of nitrogens with two attached hydrogens (primary N) is 1. The smallest absolute Gasteiger partial charge is 0.149 e. The number of imidazole rings is 1. The number of fused-ring (bicyclic) bond motifs is 1. The van der Waals surface area contributed by atoms with Crippen LogP contribution < -0.4 is 10.6 Å². The Morgan fingerprint density at radius 3 is 2.88 bits per heavy atom. The van der Waals surface area contributed by atoms with E-state index in [-0.39, 0.29) is 17.8 Å². The molecule has 0 amide bonds. The molecule has 0 bridgehead atoms. The second-order valence-corrected chi connectivity index (χ2v) is 6.56. The lowest BCUT2D eigenvalue weighted by Gasteiger charge is -2.21. The number of benzene rings is 1. The summed E-state index contributed by atoms with van der Waals surface area (Å²) in [4.78, 5) is 11.0. The van der Waals surface area contributed by atoms with Crippen LogP contribution in [0, 0.1) is 12.7 Å². The van der Waals surface area contributed by atoms with Crippen molar-refractivity contribution in [2.24, 2.45) is 12.8 Å². The molecular formula is C18H20FN5. The highest BCUT2D eigenvalue weighted by atomic mass is 19.1. The first-order chi connectivity index (χ1) is 11.5. The molecule has 124 valence electrons. The molecule has 4 rings (SSSR count). The summed E-state index contributed by atoms with van der Waals surface area (Å²) in [6, 6.07) is 7.10. The van der Waals surface area contributed by atoms with E-state index < -0.39 is 0 Å². The molecule has 1 aromatic carbocycles. The minimum Gasteiger partial charge on any atom is -0.369 e. The van der Waals surface area contributed by atoms with Crippen molar-refractivity contribution >= 4 is 16.6 Å². The van der Waals surface area contributed by atoms with E-state index in [0.29, 0.717) is 5.52 Å². The van der Waals surface area contributed by atoms with Crippen LogP contribution in [0.3, 0.4) is 0 Å². The molecular weight excluding hydrogens is 305 g/mol. The Labute approximate surface area is 139 Å². The third-order valence-electron chi connectivity index (χ3n) is 4.71. The molecule has 1 fully saturated rings. The van der Waals surface area contributed by atoms with E-state index in [2.05, 4.69) is 14.9 Å². The minimum absolute atomic E-state index is 0.00280. The molecule has 0 radical (unpaired) electrons. The summed E-state index contributed by atoms with van der Waals surface area (Å²) in [7, 11) is 1.96. The lowest BCUT2D eigenvalue weighted by Crippen LogP contribution is -2.29. The summed E-state index contributed by atoms with van der Waals surface area (Å²) in [6.07, 6.45) is 3.82. The fourth-order valence-electron chi connectivity index (χ4n) is 3.54. The number of aryl methyl sites for hydroxylation is 2. The molecule has 0 aliphatic carbocycles. The standard InChI is InChI=1S/C18H20FN5/c1-11-6-17(12-4-3-5-14(19)18(12)22-11)24-7-13(15(20)8-24)16-9-23(2)10-21-16/h3-6,9-10,13,15H,7-8,20H2,1-2H3/t13-,15-/m1/s1. The topological polar surface area (TPSA) is 60.0 Å². The van der Waals surface area contributed by atoms with Crippen LogP contribution in [-0.2, 0) is 7.05 Å². The van der Waals surface area contributed by atoms with E-state index in [0.717, 1.165) is 35.6 Å². The third kappa shape index (κ3) is 2.43. The normalized spacial score (nSPS) is 20.9. The highest BCUT2D eigenvalue weighted by Gasteiger charge is 2.33. The van der Waals surface area contributed by atoms with Crippen LogP contribution in [0.1, 0.15) is 17.3 Å². The van der Waals surface area contributed by atoms with Crippen LogP contribution in [0.4, 0.5) is 10.1 Å². The zero-order valence-corrected chi connectivity index (χ0v) is 13.8. The van der Waals surface area contributed by atoms with Crippen LogP contribution >= 0.6 is 0 Å². The predicted molar refractivity (Wildman–Crippen MR) is 92.6 cm³/mol. The van der Waals surface area contributed by atoms with Crippen LogP contribution in [0.25, 0.3) is 10.9 Å². The highest BCUT2D eigenvalue weighted by molar-refractivity contribution is 5.92. The molecule has 2 aromatic heterocycles. The van der Waals surface area contributed by atoms with Crippen molar-refractivity contribution in [3.05, 3.63) is 54.0 Å². The number of hydrogen-bond acceptors (Lipinski definition) is 4. The Morgan fingerprint density at radius 2 is 2.12 bits per heavy atom. The van der Waals surface area contributed by atoms with E-state index in [4.69, 9.17) is 5.73 Å². The van der Waals surface area contributed by atoms with Gasteiger partial charge >= 0.3 is 0 Å². The van der Waals surface area contributed by atoms with Crippen LogP contribution in [0.5, 0.6) is 0 Å². The van der Waals surface area contributed by atoms with Crippen molar-refractivity contribution in [3.8, 4) is 0 Å².